The van der Waals surface area contributed by atoms with Gasteiger partial charge in [0.05, 0.1) is 10.5 Å². The molecule has 0 heterocycles. The molecule has 0 fully saturated rings. The molecule has 0 spiro atoms. The monoisotopic (exact) mass is 401 g/mol. The van der Waals surface area contributed by atoms with E-state index in [1.165, 1.54) is 37.4 Å². The van der Waals surface area contributed by atoms with Gasteiger partial charge in [-0.2, -0.15) is 17.5 Å². The van der Waals surface area contributed by atoms with E-state index in [9.17, 15) is 26.4 Å². The topological polar surface area (TPSA) is 63.7 Å². The smallest absolute Gasteiger partial charge is 0.416 e. The normalized spacial score (nSPS) is 12.2. The van der Waals surface area contributed by atoms with E-state index < -0.39 is 40.9 Å². The highest BCUT2D eigenvalue weighted by atomic mass is 32.2. The summed E-state index contributed by atoms with van der Waals surface area (Å²) in [4.78, 5) is 11.9. The Hall–Kier alpha value is -2.39. The van der Waals surface area contributed by atoms with Crippen molar-refractivity contribution < 1.29 is 31.1 Å². The number of benzene rings is 2. The molecule has 0 atom stereocenters. The molecule has 146 valence electrons. The molecule has 2 aromatic carbocycles. The first-order valence-electron chi connectivity index (χ1n) is 7.85. The number of likely N-dealkylation sites (N-methyl/N-ethyl adjacent to an activating group) is 1. The lowest BCUT2D eigenvalue weighted by atomic mass is 10.1. The fraction of sp³-hybridized carbons (Fsp3) is 0.278. The molecule has 0 bridgehead atoms. The van der Waals surface area contributed by atoms with Crippen LogP contribution in [0.4, 0.5) is 13.2 Å². The summed E-state index contributed by atoms with van der Waals surface area (Å²) in [5, 5.41) is 0. The van der Waals surface area contributed by atoms with Gasteiger partial charge in [0.1, 0.15) is 13.2 Å². The van der Waals surface area contributed by atoms with Crippen LogP contribution in [-0.2, 0) is 32.3 Å². The number of ether oxygens (including phenoxy) is 1. The average Bonchev–Trinajstić information content (AvgIpc) is 2.59. The number of nitrogens with zero attached hydrogens (tertiary/aromatic N) is 1. The molecule has 0 N–H and O–H groups in total. The van der Waals surface area contributed by atoms with Crippen molar-refractivity contribution in [1.29, 1.82) is 0 Å². The minimum absolute atomic E-state index is 0.00539. The van der Waals surface area contributed by atoms with Crippen molar-refractivity contribution >= 4 is 16.0 Å². The maximum atomic E-state index is 12.9. The van der Waals surface area contributed by atoms with Crippen molar-refractivity contribution in [2.75, 3.05) is 13.6 Å². The van der Waals surface area contributed by atoms with Gasteiger partial charge in [-0.1, -0.05) is 35.9 Å². The van der Waals surface area contributed by atoms with Crippen LogP contribution in [0.5, 0.6) is 0 Å². The van der Waals surface area contributed by atoms with Gasteiger partial charge in [0.2, 0.25) is 10.0 Å². The second-order valence-electron chi connectivity index (χ2n) is 5.89. The van der Waals surface area contributed by atoms with Gasteiger partial charge in [-0.25, -0.2) is 8.42 Å². The van der Waals surface area contributed by atoms with Crippen molar-refractivity contribution in [2.24, 2.45) is 0 Å². The molecule has 0 aliphatic carbocycles. The summed E-state index contributed by atoms with van der Waals surface area (Å²) in [6.45, 7) is 0.577. The average molecular weight is 401 g/mol. The zero-order valence-electron chi connectivity index (χ0n) is 14.7. The van der Waals surface area contributed by atoms with E-state index >= 15 is 0 Å². The summed E-state index contributed by atoms with van der Waals surface area (Å²) >= 11 is 0. The van der Waals surface area contributed by atoms with Crippen molar-refractivity contribution in [3.05, 3.63) is 65.2 Å². The lowest BCUT2D eigenvalue weighted by molar-refractivity contribution is -0.147. The van der Waals surface area contributed by atoms with Crippen molar-refractivity contribution in [3.8, 4) is 0 Å². The summed E-state index contributed by atoms with van der Waals surface area (Å²) in [7, 11) is -2.72. The predicted octanol–water partition coefficient (Wildman–Crippen LogP) is 3.38. The molecular formula is C18H18F3NO4S. The number of hydrogen-bond donors (Lipinski definition) is 0. The Morgan fingerprint density at radius 2 is 1.67 bits per heavy atom. The van der Waals surface area contributed by atoms with Crippen LogP contribution in [0.3, 0.4) is 0 Å². The van der Waals surface area contributed by atoms with E-state index in [4.69, 9.17) is 4.74 Å². The number of rotatable bonds is 6. The standard InChI is InChI=1S/C18H18F3NO4S/c1-13-7-9-15(10-8-13)27(24,25)22(2)11-17(23)26-12-14-5-3-4-6-16(14)18(19,20)21/h3-10H,11-12H2,1-2H3. The van der Waals surface area contributed by atoms with Gasteiger partial charge in [-0.05, 0) is 25.1 Å². The number of hydrogen-bond acceptors (Lipinski definition) is 4. The van der Waals surface area contributed by atoms with Crippen LogP contribution in [0.15, 0.2) is 53.4 Å². The van der Waals surface area contributed by atoms with Crippen molar-refractivity contribution in [3.63, 3.8) is 0 Å². The number of sulfonamides is 1. The number of aryl methyl sites for hydroxylation is 1. The third-order valence-corrected chi connectivity index (χ3v) is 5.61. The SMILES string of the molecule is Cc1ccc(S(=O)(=O)N(C)CC(=O)OCc2ccccc2C(F)(F)F)cc1. The Labute approximate surface area is 155 Å². The van der Waals surface area contributed by atoms with Gasteiger partial charge in [-0.15, -0.1) is 0 Å². The molecule has 0 saturated heterocycles. The predicted molar refractivity (Wildman–Crippen MR) is 92.2 cm³/mol. The van der Waals surface area contributed by atoms with Crippen molar-refractivity contribution in [2.45, 2.75) is 24.6 Å². The summed E-state index contributed by atoms with van der Waals surface area (Å²) in [5.41, 5.74) is -0.236. The Morgan fingerprint density at radius 1 is 1.07 bits per heavy atom. The number of halogens is 3. The zero-order chi connectivity index (χ0) is 20.2. The van der Waals surface area contributed by atoms with Crippen LogP contribution in [-0.4, -0.2) is 32.3 Å². The molecule has 0 amide bonds. The van der Waals surface area contributed by atoms with Crippen LogP contribution >= 0.6 is 0 Å². The van der Waals surface area contributed by atoms with Crippen LogP contribution < -0.4 is 0 Å². The molecular weight excluding hydrogens is 383 g/mol. The van der Waals surface area contributed by atoms with E-state index in [0.29, 0.717) is 0 Å². The van der Waals surface area contributed by atoms with Gasteiger partial charge < -0.3 is 4.74 Å². The van der Waals surface area contributed by atoms with Crippen LogP contribution in [0.25, 0.3) is 0 Å². The highest BCUT2D eigenvalue weighted by molar-refractivity contribution is 7.89. The minimum atomic E-state index is -4.57. The first-order valence-corrected chi connectivity index (χ1v) is 9.29. The summed E-state index contributed by atoms with van der Waals surface area (Å²) < 4.78 is 69.2. The molecule has 2 rings (SSSR count). The molecule has 2 aromatic rings. The Morgan fingerprint density at radius 3 is 2.26 bits per heavy atom. The maximum absolute atomic E-state index is 12.9. The number of carbonyl (C=O) groups excluding carboxylic acids is 1. The first-order chi connectivity index (χ1) is 12.5. The van der Waals surface area contributed by atoms with Gasteiger partial charge in [0.15, 0.2) is 0 Å². The number of esters is 1. The summed E-state index contributed by atoms with van der Waals surface area (Å²) in [6, 6.07) is 10.8. The van der Waals surface area contributed by atoms with Gasteiger partial charge >= 0.3 is 12.1 Å². The molecule has 9 heteroatoms. The molecule has 0 aliphatic rings. The van der Waals surface area contributed by atoms with E-state index in [1.807, 2.05) is 0 Å². The third-order valence-electron chi connectivity index (χ3n) is 3.79. The highest BCUT2D eigenvalue weighted by Gasteiger charge is 2.33. The van der Waals surface area contributed by atoms with E-state index in [2.05, 4.69) is 0 Å². The molecule has 0 saturated carbocycles. The molecule has 0 aromatic heterocycles. The number of alkyl halides is 3. The third kappa shape index (κ3) is 5.30. The second kappa shape index (κ2) is 8.10. The second-order valence-corrected chi connectivity index (χ2v) is 7.93. The quantitative estimate of drug-likeness (QED) is 0.697. The molecule has 0 aliphatic heterocycles. The zero-order valence-corrected chi connectivity index (χ0v) is 15.5. The molecule has 5 nitrogen and oxygen atoms in total. The highest BCUT2D eigenvalue weighted by Crippen LogP contribution is 2.32. The van der Waals surface area contributed by atoms with E-state index in [1.54, 1.807) is 19.1 Å². The van der Waals surface area contributed by atoms with Gasteiger partial charge in [-0.3, -0.25) is 4.79 Å². The van der Waals surface area contributed by atoms with E-state index in [0.717, 1.165) is 15.9 Å². The van der Waals surface area contributed by atoms with Crippen LogP contribution in [0, 0.1) is 6.92 Å². The largest absolute Gasteiger partial charge is 0.460 e. The van der Waals surface area contributed by atoms with E-state index in [-0.39, 0.29) is 10.5 Å². The van der Waals surface area contributed by atoms with Gasteiger partial charge in [0, 0.05) is 12.6 Å². The summed E-state index contributed by atoms with van der Waals surface area (Å²) in [6.07, 6.45) is -4.57. The molecule has 0 radical (unpaired) electrons. The minimum Gasteiger partial charge on any atom is -0.460 e. The van der Waals surface area contributed by atoms with Crippen LogP contribution in [0.1, 0.15) is 16.7 Å². The molecule has 0 unspecified atom stereocenters. The van der Waals surface area contributed by atoms with Crippen molar-refractivity contribution in [1.82, 2.24) is 4.31 Å². The maximum Gasteiger partial charge on any atom is 0.416 e. The van der Waals surface area contributed by atoms with Gasteiger partial charge in [0.25, 0.3) is 0 Å². The lowest BCUT2D eigenvalue weighted by Gasteiger charge is -2.17. The molecule has 27 heavy (non-hydrogen) atoms. The first kappa shape index (κ1) is 20.9. The Kier molecular flexibility index (Phi) is 6.27. The Bertz CT molecular complexity index is 909. The summed E-state index contributed by atoms with van der Waals surface area (Å²) in [5.74, 6) is -0.954. The lowest BCUT2D eigenvalue weighted by Crippen LogP contribution is -2.33. The fourth-order valence-corrected chi connectivity index (χ4v) is 3.40. The Balaban J connectivity index is 2.03. The number of carbonyl (C=O) groups is 1. The fourth-order valence-electron chi connectivity index (χ4n) is 2.28. The van der Waals surface area contributed by atoms with Crippen LogP contribution in [0.2, 0.25) is 0 Å².